The molecule has 0 atom stereocenters. The quantitative estimate of drug-likeness (QED) is 0.178. The fraction of sp³-hybridized carbons (Fsp3) is 0.500. The van der Waals surface area contributed by atoms with Gasteiger partial charge in [-0.1, -0.05) is 89.5 Å². The number of benzene rings is 2. The van der Waals surface area contributed by atoms with Crippen LogP contribution in [0.5, 0.6) is 0 Å². The van der Waals surface area contributed by atoms with Crippen molar-refractivity contribution in [3.8, 4) is 0 Å². The maximum atomic E-state index is 12.3. The Hall–Kier alpha value is -2.42. The molecule has 2 rings (SSSR count). The summed E-state index contributed by atoms with van der Waals surface area (Å²) in [6.45, 7) is 4.43. The summed E-state index contributed by atoms with van der Waals surface area (Å²) in [7, 11) is 0. The number of aryl methyl sites for hydroxylation is 2. The van der Waals surface area contributed by atoms with Gasteiger partial charge in [-0.25, -0.2) is 9.59 Å². The molecule has 0 saturated carbocycles. The Balaban J connectivity index is 1.77. The van der Waals surface area contributed by atoms with Crippen molar-refractivity contribution in [2.75, 3.05) is 0 Å². The van der Waals surface area contributed by atoms with Crippen LogP contribution in [0.1, 0.15) is 110 Å². The predicted molar refractivity (Wildman–Crippen MR) is 128 cm³/mol. The normalized spacial score (nSPS) is 10.8. The van der Waals surface area contributed by atoms with Crippen molar-refractivity contribution in [3.05, 3.63) is 70.8 Å². The minimum Gasteiger partial charge on any atom is -0.386 e. The fourth-order valence-electron chi connectivity index (χ4n) is 3.68. The second-order valence-electron chi connectivity index (χ2n) is 8.40. The zero-order chi connectivity index (χ0) is 22.3. The van der Waals surface area contributed by atoms with E-state index in [0.29, 0.717) is 11.1 Å². The molecule has 0 radical (unpaired) electrons. The van der Waals surface area contributed by atoms with E-state index in [-0.39, 0.29) is 0 Å². The molecule has 0 aliphatic carbocycles. The first kappa shape index (κ1) is 24.8. The van der Waals surface area contributed by atoms with Crippen molar-refractivity contribution in [1.29, 1.82) is 0 Å². The summed E-state index contributed by atoms with van der Waals surface area (Å²) in [5.41, 5.74) is 3.24. The van der Waals surface area contributed by atoms with Crippen LogP contribution in [0.15, 0.2) is 48.5 Å². The maximum Gasteiger partial charge on any atom is 0.346 e. The molecule has 2 aromatic carbocycles. The number of rotatable bonds is 14. The van der Waals surface area contributed by atoms with E-state index in [9.17, 15) is 9.59 Å². The van der Waals surface area contributed by atoms with Crippen LogP contribution >= 0.6 is 0 Å². The van der Waals surface area contributed by atoms with E-state index in [0.717, 1.165) is 25.7 Å². The summed E-state index contributed by atoms with van der Waals surface area (Å²) >= 11 is 0. The molecular formula is C28H38O3. The van der Waals surface area contributed by atoms with Crippen LogP contribution in [0, 0.1) is 0 Å². The van der Waals surface area contributed by atoms with Gasteiger partial charge in [0.25, 0.3) is 0 Å². The average molecular weight is 423 g/mol. The molecule has 0 bridgehead atoms. The summed E-state index contributed by atoms with van der Waals surface area (Å²) < 4.78 is 5.08. The number of esters is 2. The number of carbonyl (C=O) groups excluding carboxylic acids is 2. The lowest BCUT2D eigenvalue weighted by atomic mass is 10.0. The minimum absolute atomic E-state index is 0.409. The molecule has 0 aliphatic rings. The highest BCUT2D eigenvalue weighted by Gasteiger charge is 2.15. The molecule has 0 heterocycles. The largest absolute Gasteiger partial charge is 0.386 e. The van der Waals surface area contributed by atoms with Crippen molar-refractivity contribution < 1.29 is 14.3 Å². The second kappa shape index (κ2) is 14.6. The zero-order valence-corrected chi connectivity index (χ0v) is 19.3. The second-order valence-corrected chi connectivity index (χ2v) is 8.40. The summed E-state index contributed by atoms with van der Waals surface area (Å²) in [4.78, 5) is 24.6. The zero-order valence-electron chi connectivity index (χ0n) is 19.3. The van der Waals surface area contributed by atoms with Gasteiger partial charge in [-0.3, -0.25) is 0 Å². The third-order valence-electron chi connectivity index (χ3n) is 5.70. The Kier molecular flexibility index (Phi) is 11.7. The first-order valence-electron chi connectivity index (χ1n) is 12.1. The van der Waals surface area contributed by atoms with E-state index in [1.165, 1.54) is 62.5 Å². The average Bonchev–Trinajstić information content (AvgIpc) is 2.79. The number of ether oxygens (including phenoxy) is 1. The van der Waals surface area contributed by atoms with Crippen LogP contribution in [0.25, 0.3) is 0 Å². The number of unbranched alkanes of at least 4 members (excludes halogenated alkanes) is 8. The Morgan fingerprint density at radius 2 is 0.903 bits per heavy atom. The molecular weight excluding hydrogens is 384 g/mol. The van der Waals surface area contributed by atoms with Crippen molar-refractivity contribution in [1.82, 2.24) is 0 Å². The van der Waals surface area contributed by atoms with Crippen molar-refractivity contribution in [2.24, 2.45) is 0 Å². The fourth-order valence-corrected chi connectivity index (χ4v) is 3.68. The molecule has 0 aliphatic heterocycles. The van der Waals surface area contributed by atoms with Gasteiger partial charge in [0.2, 0.25) is 0 Å². The first-order chi connectivity index (χ1) is 15.1. The molecule has 168 valence electrons. The molecule has 0 saturated heterocycles. The topological polar surface area (TPSA) is 43.4 Å². The highest BCUT2D eigenvalue weighted by molar-refractivity contribution is 6.02. The van der Waals surface area contributed by atoms with Gasteiger partial charge in [-0.2, -0.15) is 0 Å². The maximum absolute atomic E-state index is 12.3. The molecule has 0 amide bonds. The smallest absolute Gasteiger partial charge is 0.346 e. The van der Waals surface area contributed by atoms with Gasteiger partial charge >= 0.3 is 11.9 Å². The summed E-state index contributed by atoms with van der Waals surface area (Å²) in [6.07, 6.45) is 14.5. The van der Waals surface area contributed by atoms with E-state index in [4.69, 9.17) is 4.74 Å². The molecule has 0 N–H and O–H groups in total. The molecule has 0 fully saturated rings. The van der Waals surface area contributed by atoms with Crippen LogP contribution in [0.2, 0.25) is 0 Å². The van der Waals surface area contributed by atoms with Gasteiger partial charge in [-0.05, 0) is 61.1 Å². The number of hydrogen-bond acceptors (Lipinski definition) is 3. The van der Waals surface area contributed by atoms with Gasteiger partial charge in [0.1, 0.15) is 0 Å². The lowest BCUT2D eigenvalue weighted by Gasteiger charge is -2.06. The van der Waals surface area contributed by atoms with E-state index in [1.807, 2.05) is 24.3 Å². The number of carbonyl (C=O) groups is 2. The van der Waals surface area contributed by atoms with Crippen LogP contribution in [-0.2, 0) is 17.6 Å². The summed E-state index contributed by atoms with van der Waals surface area (Å²) in [5, 5.41) is 0. The van der Waals surface area contributed by atoms with Gasteiger partial charge in [0.15, 0.2) is 0 Å². The lowest BCUT2D eigenvalue weighted by molar-refractivity contribution is 0.0398. The van der Waals surface area contributed by atoms with Crippen molar-refractivity contribution >= 4 is 11.9 Å². The SMILES string of the molecule is CCCCCCCc1ccc(C(=O)OC(=O)c2ccc(CCCCCCC)cc2)cc1. The van der Waals surface area contributed by atoms with Gasteiger partial charge in [0.05, 0.1) is 11.1 Å². The van der Waals surface area contributed by atoms with Gasteiger partial charge < -0.3 is 4.74 Å². The summed E-state index contributed by atoms with van der Waals surface area (Å²) in [6, 6.07) is 14.8. The molecule has 2 aromatic rings. The van der Waals surface area contributed by atoms with Gasteiger partial charge in [0, 0.05) is 0 Å². The minimum atomic E-state index is -0.598. The Morgan fingerprint density at radius 3 is 1.26 bits per heavy atom. The first-order valence-corrected chi connectivity index (χ1v) is 12.1. The number of hydrogen-bond donors (Lipinski definition) is 0. The van der Waals surface area contributed by atoms with Crippen LogP contribution in [0.3, 0.4) is 0 Å². The van der Waals surface area contributed by atoms with Crippen molar-refractivity contribution in [3.63, 3.8) is 0 Å². The third-order valence-corrected chi connectivity index (χ3v) is 5.70. The van der Waals surface area contributed by atoms with E-state index >= 15 is 0 Å². The highest BCUT2D eigenvalue weighted by atomic mass is 16.6. The predicted octanol–water partition coefficient (Wildman–Crippen LogP) is 7.71. The molecule has 0 spiro atoms. The van der Waals surface area contributed by atoms with E-state index in [2.05, 4.69) is 13.8 Å². The van der Waals surface area contributed by atoms with Crippen LogP contribution < -0.4 is 0 Å². The Morgan fingerprint density at radius 1 is 0.548 bits per heavy atom. The molecule has 3 nitrogen and oxygen atoms in total. The van der Waals surface area contributed by atoms with Gasteiger partial charge in [-0.15, -0.1) is 0 Å². The standard InChI is InChI=1S/C28H38O3/c1-3-5-7-9-11-13-23-15-19-25(20-16-23)27(29)31-28(30)26-21-17-24(18-22-26)14-12-10-8-6-4-2/h15-22H,3-14H2,1-2H3. The molecule has 0 unspecified atom stereocenters. The summed E-state index contributed by atoms with van der Waals surface area (Å²) in [5.74, 6) is -1.20. The molecule has 31 heavy (non-hydrogen) atoms. The highest BCUT2D eigenvalue weighted by Crippen LogP contribution is 2.14. The molecule has 3 heteroatoms. The Bertz CT molecular complexity index is 707. The van der Waals surface area contributed by atoms with Crippen LogP contribution in [-0.4, -0.2) is 11.9 Å². The molecule has 0 aromatic heterocycles. The van der Waals surface area contributed by atoms with Crippen molar-refractivity contribution in [2.45, 2.75) is 90.9 Å². The van der Waals surface area contributed by atoms with Crippen LogP contribution in [0.4, 0.5) is 0 Å². The lowest BCUT2D eigenvalue weighted by Crippen LogP contribution is -2.13. The third kappa shape index (κ3) is 9.50. The Labute approximate surface area is 188 Å². The van der Waals surface area contributed by atoms with E-state index < -0.39 is 11.9 Å². The monoisotopic (exact) mass is 422 g/mol. The van der Waals surface area contributed by atoms with E-state index in [1.54, 1.807) is 24.3 Å².